The van der Waals surface area contributed by atoms with E-state index in [-0.39, 0.29) is 59.3 Å². The number of nitrogens with one attached hydrogen (secondary N) is 2. The number of rotatable bonds is 8. The highest BCUT2D eigenvalue weighted by Gasteiger charge is 2.27. The zero-order valence-electron chi connectivity index (χ0n) is 20.2. The van der Waals surface area contributed by atoms with E-state index in [0.29, 0.717) is 0 Å². The van der Waals surface area contributed by atoms with Crippen molar-refractivity contribution in [2.45, 2.75) is 32.8 Å². The van der Waals surface area contributed by atoms with Crippen LogP contribution in [-0.2, 0) is 21.6 Å². The van der Waals surface area contributed by atoms with Crippen molar-refractivity contribution >= 4 is 35.1 Å². The summed E-state index contributed by atoms with van der Waals surface area (Å²) in [6.45, 7) is 5.22. The van der Waals surface area contributed by atoms with E-state index in [2.05, 4.69) is 25.8 Å². The van der Waals surface area contributed by atoms with E-state index in [1.807, 2.05) is 20.8 Å². The van der Waals surface area contributed by atoms with Gasteiger partial charge in [0.05, 0.1) is 6.54 Å². The fourth-order valence-electron chi connectivity index (χ4n) is 2.92. The van der Waals surface area contributed by atoms with Gasteiger partial charge in [-0.05, 0) is 31.3 Å². The number of hydrogen-bond donors (Lipinski definition) is 3. The molecule has 3 aromatic rings. The average molecular weight is 498 g/mol. The van der Waals surface area contributed by atoms with Crippen LogP contribution in [0, 0.1) is 0 Å². The number of azo groups is 1. The summed E-state index contributed by atoms with van der Waals surface area (Å²) in [7, 11) is 1.65. The van der Waals surface area contributed by atoms with E-state index in [1.54, 1.807) is 25.2 Å². The standard InChI is InChI=1S/C23H26N6O7/c1-23(2,3)19-16(35-22(32)36-19)12-33-21(31)34-15-8-6-5-7-13(15)28-29-14-9-10-17(27-20(14)24)26-18(30)11-25-4/h5-10,25H,11-12H2,1-4H3,(H3,24,26,27,30). The molecular formula is C23H26N6O7. The van der Waals surface area contributed by atoms with Crippen LogP contribution in [0.25, 0.3) is 0 Å². The highest BCUT2D eigenvalue weighted by molar-refractivity contribution is 5.91. The first-order valence-corrected chi connectivity index (χ1v) is 10.8. The maximum absolute atomic E-state index is 12.3. The smallest absolute Gasteiger partial charge is 0.426 e. The van der Waals surface area contributed by atoms with Gasteiger partial charge in [-0.2, -0.15) is 0 Å². The molecule has 4 N–H and O–H groups in total. The highest BCUT2D eigenvalue weighted by atomic mass is 16.7. The third-order valence-electron chi connectivity index (χ3n) is 4.48. The van der Waals surface area contributed by atoms with Crippen molar-refractivity contribution in [1.29, 1.82) is 0 Å². The van der Waals surface area contributed by atoms with Crippen LogP contribution in [0.1, 0.15) is 32.3 Å². The number of pyridine rings is 1. The number of anilines is 2. The Labute approximate surface area is 205 Å². The molecule has 0 bridgehead atoms. The SMILES string of the molecule is CNCC(=O)Nc1ccc(N=Nc2ccccc2OC(=O)OCc2oc(=O)oc2C(C)(C)C)c(N)n1. The normalized spacial score (nSPS) is 11.4. The average Bonchev–Trinajstić information content (AvgIpc) is 3.19. The van der Waals surface area contributed by atoms with E-state index < -0.39 is 17.4 Å². The Morgan fingerprint density at radius 3 is 2.50 bits per heavy atom. The number of nitrogens with two attached hydrogens (primary N) is 1. The van der Waals surface area contributed by atoms with Gasteiger partial charge in [0.25, 0.3) is 0 Å². The number of hydrogen-bond acceptors (Lipinski definition) is 12. The van der Waals surface area contributed by atoms with Gasteiger partial charge < -0.3 is 34.7 Å². The fraction of sp³-hybridized carbons (Fsp3) is 0.304. The largest absolute Gasteiger partial charge is 0.519 e. The molecule has 0 fully saturated rings. The molecule has 0 spiro atoms. The number of likely N-dealkylation sites (N-methyl/N-ethyl adjacent to an activating group) is 1. The molecule has 2 heterocycles. The first-order valence-electron chi connectivity index (χ1n) is 10.8. The summed E-state index contributed by atoms with van der Waals surface area (Å²) in [6.07, 6.45) is -1.05. The van der Waals surface area contributed by atoms with Crippen molar-refractivity contribution in [3.63, 3.8) is 0 Å². The predicted molar refractivity (Wildman–Crippen MR) is 129 cm³/mol. The zero-order valence-corrected chi connectivity index (χ0v) is 20.2. The minimum absolute atomic E-state index is 0.0371. The second-order valence-electron chi connectivity index (χ2n) is 8.44. The van der Waals surface area contributed by atoms with Crippen molar-refractivity contribution < 1.29 is 27.9 Å². The Hall–Kier alpha value is -4.52. The number of para-hydroxylation sites is 1. The molecule has 13 heteroatoms. The molecule has 1 amide bonds. The number of nitrogens with zero attached hydrogens (tertiary/aromatic N) is 3. The minimum Gasteiger partial charge on any atom is -0.426 e. The van der Waals surface area contributed by atoms with Crippen LogP contribution >= 0.6 is 0 Å². The van der Waals surface area contributed by atoms with Gasteiger partial charge in [0.2, 0.25) is 5.91 Å². The molecule has 2 aromatic heterocycles. The number of benzene rings is 1. The van der Waals surface area contributed by atoms with Crippen molar-refractivity contribution in [1.82, 2.24) is 10.3 Å². The second-order valence-corrected chi connectivity index (χ2v) is 8.44. The van der Waals surface area contributed by atoms with Crippen LogP contribution < -0.4 is 26.9 Å². The van der Waals surface area contributed by atoms with E-state index in [0.717, 1.165) is 0 Å². The van der Waals surface area contributed by atoms with Crippen LogP contribution in [0.4, 0.5) is 27.8 Å². The van der Waals surface area contributed by atoms with Gasteiger partial charge in [0.1, 0.15) is 17.2 Å². The fourth-order valence-corrected chi connectivity index (χ4v) is 2.92. The highest BCUT2D eigenvalue weighted by Crippen LogP contribution is 2.31. The molecule has 13 nitrogen and oxygen atoms in total. The second kappa shape index (κ2) is 11.3. The van der Waals surface area contributed by atoms with E-state index in [9.17, 15) is 14.4 Å². The van der Waals surface area contributed by atoms with Gasteiger partial charge in [0.15, 0.2) is 29.7 Å². The minimum atomic E-state index is -1.05. The van der Waals surface area contributed by atoms with Crippen molar-refractivity contribution in [3.05, 3.63) is 58.5 Å². The lowest BCUT2D eigenvalue weighted by atomic mass is 9.92. The molecule has 0 aliphatic carbocycles. The molecule has 0 aliphatic heterocycles. The molecular weight excluding hydrogens is 472 g/mol. The summed E-state index contributed by atoms with van der Waals surface area (Å²) in [6, 6.07) is 9.42. The zero-order chi connectivity index (χ0) is 26.3. The van der Waals surface area contributed by atoms with Crippen molar-refractivity contribution in [2.24, 2.45) is 10.2 Å². The Kier molecular flexibility index (Phi) is 8.17. The quantitative estimate of drug-likeness (QED) is 0.234. The topological polar surface area (TPSA) is 184 Å². The molecule has 3 rings (SSSR count). The molecule has 1 aromatic carbocycles. The summed E-state index contributed by atoms with van der Waals surface area (Å²) in [5, 5.41) is 13.4. The Morgan fingerprint density at radius 2 is 1.81 bits per heavy atom. The first kappa shape index (κ1) is 26.1. The number of carbonyl (C=O) groups excluding carboxylic acids is 2. The van der Waals surface area contributed by atoms with Crippen LogP contribution in [0.2, 0.25) is 0 Å². The summed E-state index contributed by atoms with van der Waals surface area (Å²) in [5.41, 5.74) is 5.84. The van der Waals surface area contributed by atoms with Crippen LogP contribution in [0.3, 0.4) is 0 Å². The number of carbonyl (C=O) groups is 2. The van der Waals surface area contributed by atoms with Gasteiger partial charge in [-0.3, -0.25) is 4.79 Å². The third kappa shape index (κ3) is 6.99. The number of ether oxygens (including phenoxy) is 2. The molecule has 36 heavy (non-hydrogen) atoms. The van der Waals surface area contributed by atoms with Crippen molar-refractivity contribution in [3.8, 4) is 5.75 Å². The lowest BCUT2D eigenvalue weighted by Gasteiger charge is -2.14. The summed E-state index contributed by atoms with van der Waals surface area (Å²) in [4.78, 5) is 39.5. The maximum atomic E-state index is 12.3. The van der Waals surface area contributed by atoms with Gasteiger partial charge in [-0.15, -0.1) is 10.2 Å². The van der Waals surface area contributed by atoms with Crippen molar-refractivity contribution in [2.75, 3.05) is 24.6 Å². The lowest BCUT2D eigenvalue weighted by molar-refractivity contribution is -0.115. The van der Waals surface area contributed by atoms with E-state index in [4.69, 9.17) is 24.0 Å². The molecule has 0 saturated heterocycles. The molecule has 0 unspecified atom stereocenters. The Morgan fingerprint density at radius 1 is 1.08 bits per heavy atom. The number of aromatic nitrogens is 1. The molecule has 0 radical (unpaired) electrons. The summed E-state index contributed by atoms with van der Waals surface area (Å²) >= 11 is 0. The number of nitrogen functional groups attached to an aromatic ring is 1. The predicted octanol–water partition coefficient (Wildman–Crippen LogP) is 3.80. The van der Waals surface area contributed by atoms with E-state index in [1.165, 1.54) is 18.2 Å². The van der Waals surface area contributed by atoms with Gasteiger partial charge >= 0.3 is 12.0 Å². The molecule has 190 valence electrons. The van der Waals surface area contributed by atoms with Crippen LogP contribution in [0.5, 0.6) is 5.75 Å². The third-order valence-corrected chi connectivity index (χ3v) is 4.48. The summed E-state index contributed by atoms with van der Waals surface area (Å²) < 4.78 is 20.3. The van der Waals surface area contributed by atoms with Crippen LogP contribution in [-0.4, -0.2) is 30.6 Å². The monoisotopic (exact) mass is 498 g/mol. The van der Waals surface area contributed by atoms with Gasteiger partial charge in [0, 0.05) is 5.41 Å². The van der Waals surface area contributed by atoms with Gasteiger partial charge in [-0.25, -0.2) is 14.6 Å². The summed E-state index contributed by atoms with van der Waals surface area (Å²) in [5.74, 6) is -0.435. The molecule has 0 atom stereocenters. The number of amides is 1. The lowest BCUT2D eigenvalue weighted by Crippen LogP contribution is -2.25. The maximum Gasteiger partial charge on any atom is 0.519 e. The Balaban J connectivity index is 1.67. The molecule has 0 aliphatic rings. The van der Waals surface area contributed by atoms with Gasteiger partial charge in [-0.1, -0.05) is 32.9 Å². The first-order chi connectivity index (χ1) is 17.1. The molecule has 0 saturated carbocycles. The Bertz CT molecular complexity index is 1320. The van der Waals surface area contributed by atoms with E-state index >= 15 is 0 Å². The van der Waals surface area contributed by atoms with Crippen LogP contribution in [0.15, 0.2) is 60.3 Å².